The zero-order chi connectivity index (χ0) is 15.9. The minimum atomic E-state index is -0.622. The summed E-state index contributed by atoms with van der Waals surface area (Å²) in [5.74, 6) is -0.0612. The molecule has 0 aliphatic carbocycles. The Morgan fingerprint density at radius 1 is 1.32 bits per heavy atom. The molecule has 3 amide bonds. The van der Waals surface area contributed by atoms with Crippen LogP contribution in [0.4, 0.5) is 4.79 Å². The van der Waals surface area contributed by atoms with E-state index in [1.807, 2.05) is 31.2 Å². The number of piperidine rings is 1. The summed E-state index contributed by atoms with van der Waals surface area (Å²) in [6, 6.07) is 6.87. The smallest absolute Gasteiger partial charge is 0.312 e. The quantitative estimate of drug-likeness (QED) is 0.652. The van der Waals surface area contributed by atoms with Gasteiger partial charge < -0.3 is 21.7 Å². The molecule has 22 heavy (non-hydrogen) atoms. The summed E-state index contributed by atoms with van der Waals surface area (Å²) in [6.45, 7) is 3.80. The molecule has 120 valence electrons. The van der Waals surface area contributed by atoms with Crippen molar-refractivity contribution in [1.29, 1.82) is 0 Å². The molecule has 1 aliphatic heterocycles. The van der Waals surface area contributed by atoms with E-state index in [0.29, 0.717) is 0 Å². The van der Waals surface area contributed by atoms with Crippen LogP contribution in [0.2, 0.25) is 0 Å². The third-order valence-electron chi connectivity index (χ3n) is 3.97. The van der Waals surface area contributed by atoms with Crippen molar-refractivity contribution in [3.05, 3.63) is 35.4 Å². The van der Waals surface area contributed by atoms with Gasteiger partial charge in [-0.3, -0.25) is 4.79 Å². The lowest BCUT2D eigenvalue weighted by Crippen LogP contribution is -2.44. The van der Waals surface area contributed by atoms with E-state index in [1.54, 1.807) is 0 Å². The molecule has 1 unspecified atom stereocenters. The maximum Gasteiger partial charge on any atom is 0.312 e. The van der Waals surface area contributed by atoms with E-state index in [9.17, 15) is 9.59 Å². The lowest BCUT2D eigenvalue weighted by molar-refractivity contribution is -0.122. The molecule has 2 rings (SSSR count). The molecule has 0 aromatic heterocycles. The zero-order valence-electron chi connectivity index (χ0n) is 12.9. The Labute approximate surface area is 130 Å². The first-order valence-electron chi connectivity index (χ1n) is 7.68. The van der Waals surface area contributed by atoms with Crippen LogP contribution in [0.15, 0.2) is 24.3 Å². The number of primary amides is 1. The van der Waals surface area contributed by atoms with Crippen LogP contribution in [0, 0.1) is 6.92 Å². The minimum absolute atomic E-state index is 0.0612. The van der Waals surface area contributed by atoms with E-state index >= 15 is 0 Å². The number of hydrogen-bond acceptors (Lipinski definition) is 3. The molecule has 1 saturated heterocycles. The van der Waals surface area contributed by atoms with Crippen molar-refractivity contribution in [2.45, 2.75) is 38.3 Å². The number of urea groups is 1. The minimum Gasteiger partial charge on any atom is -0.353 e. The van der Waals surface area contributed by atoms with Gasteiger partial charge >= 0.3 is 6.03 Å². The number of amides is 3. The van der Waals surface area contributed by atoms with E-state index in [1.165, 1.54) is 0 Å². The summed E-state index contributed by atoms with van der Waals surface area (Å²) < 4.78 is 0. The molecule has 6 nitrogen and oxygen atoms in total. The lowest BCUT2D eigenvalue weighted by atomic mass is 9.98. The van der Waals surface area contributed by atoms with Crippen LogP contribution in [0.5, 0.6) is 0 Å². The number of hydrogen-bond donors (Lipinski definition) is 4. The third-order valence-corrected chi connectivity index (χ3v) is 3.97. The number of aryl methyl sites for hydroxylation is 1. The van der Waals surface area contributed by atoms with Gasteiger partial charge in [0.2, 0.25) is 5.91 Å². The topological polar surface area (TPSA) is 96.2 Å². The number of carbonyl (C=O) groups is 2. The summed E-state index contributed by atoms with van der Waals surface area (Å²) in [7, 11) is 0. The van der Waals surface area contributed by atoms with Crippen molar-refractivity contribution >= 4 is 11.9 Å². The number of carbonyl (C=O) groups excluding carboxylic acids is 2. The predicted octanol–water partition coefficient (Wildman–Crippen LogP) is 0.963. The molecule has 1 aromatic rings. The van der Waals surface area contributed by atoms with Crippen LogP contribution >= 0.6 is 0 Å². The summed E-state index contributed by atoms with van der Waals surface area (Å²) in [5.41, 5.74) is 7.19. The monoisotopic (exact) mass is 304 g/mol. The van der Waals surface area contributed by atoms with E-state index in [2.05, 4.69) is 16.0 Å². The van der Waals surface area contributed by atoms with Crippen molar-refractivity contribution in [1.82, 2.24) is 16.0 Å². The second-order valence-corrected chi connectivity index (χ2v) is 5.71. The summed E-state index contributed by atoms with van der Waals surface area (Å²) in [5, 5.41) is 8.97. The second kappa shape index (κ2) is 7.79. The average Bonchev–Trinajstić information content (AvgIpc) is 2.47. The molecular formula is C16H24N4O2. The van der Waals surface area contributed by atoms with Gasteiger partial charge in [0.25, 0.3) is 0 Å². The van der Waals surface area contributed by atoms with E-state index in [0.717, 1.165) is 37.1 Å². The Kier molecular flexibility index (Phi) is 5.77. The first-order chi connectivity index (χ1) is 10.6. The van der Waals surface area contributed by atoms with Crippen molar-refractivity contribution in [2.24, 2.45) is 5.73 Å². The molecule has 0 radical (unpaired) electrons. The summed E-state index contributed by atoms with van der Waals surface area (Å²) >= 11 is 0. The first kappa shape index (κ1) is 16.3. The Morgan fingerprint density at radius 2 is 2.00 bits per heavy atom. The van der Waals surface area contributed by atoms with E-state index in [4.69, 9.17) is 5.73 Å². The summed E-state index contributed by atoms with van der Waals surface area (Å²) in [4.78, 5) is 23.5. The standard InChI is InChI=1S/C16H24N4O2/c1-11-4-2-3-5-13(11)14(20-16(17)22)10-15(21)19-12-6-8-18-9-7-12/h2-5,12,14,18H,6-10H2,1H3,(H,19,21)(H3,17,20,22). The van der Waals surface area contributed by atoms with Crippen LogP contribution < -0.4 is 21.7 Å². The largest absolute Gasteiger partial charge is 0.353 e. The van der Waals surface area contributed by atoms with E-state index < -0.39 is 12.1 Å². The summed E-state index contributed by atoms with van der Waals surface area (Å²) in [6.07, 6.45) is 2.06. The van der Waals surface area contributed by atoms with Crippen LogP contribution in [-0.4, -0.2) is 31.1 Å². The number of benzene rings is 1. The third kappa shape index (κ3) is 4.73. The maximum atomic E-state index is 12.3. The van der Waals surface area contributed by atoms with Crippen LogP contribution in [0.25, 0.3) is 0 Å². The molecule has 0 saturated carbocycles. The molecule has 1 heterocycles. The molecule has 0 spiro atoms. The number of nitrogens with two attached hydrogens (primary N) is 1. The normalized spacial score (nSPS) is 16.8. The fourth-order valence-corrected chi connectivity index (χ4v) is 2.83. The molecule has 0 bridgehead atoms. The van der Waals surface area contributed by atoms with Gasteiger partial charge in [0.15, 0.2) is 0 Å². The molecular weight excluding hydrogens is 280 g/mol. The molecule has 1 atom stereocenters. The van der Waals surface area contributed by atoms with Crippen LogP contribution in [0.3, 0.4) is 0 Å². The maximum absolute atomic E-state index is 12.3. The lowest BCUT2D eigenvalue weighted by Gasteiger charge is -2.25. The molecule has 1 aliphatic rings. The van der Waals surface area contributed by atoms with Crippen LogP contribution in [0.1, 0.15) is 36.4 Å². The van der Waals surface area contributed by atoms with Gasteiger partial charge in [0, 0.05) is 6.04 Å². The van der Waals surface area contributed by atoms with Gasteiger partial charge in [-0.15, -0.1) is 0 Å². The Bertz CT molecular complexity index is 527. The van der Waals surface area contributed by atoms with Gasteiger partial charge in [-0.2, -0.15) is 0 Å². The first-order valence-corrected chi connectivity index (χ1v) is 7.68. The Hall–Kier alpha value is -2.08. The van der Waals surface area contributed by atoms with Crippen molar-refractivity contribution in [2.75, 3.05) is 13.1 Å². The highest BCUT2D eigenvalue weighted by Gasteiger charge is 2.21. The average molecular weight is 304 g/mol. The van der Waals surface area contributed by atoms with Gasteiger partial charge in [0.05, 0.1) is 12.5 Å². The zero-order valence-corrected chi connectivity index (χ0v) is 12.9. The highest BCUT2D eigenvalue weighted by Crippen LogP contribution is 2.20. The van der Waals surface area contributed by atoms with Gasteiger partial charge in [0.1, 0.15) is 0 Å². The molecule has 1 aromatic carbocycles. The molecule has 1 fully saturated rings. The fourth-order valence-electron chi connectivity index (χ4n) is 2.83. The Morgan fingerprint density at radius 3 is 2.64 bits per heavy atom. The second-order valence-electron chi connectivity index (χ2n) is 5.71. The number of rotatable bonds is 5. The highest BCUT2D eigenvalue weighted by molar-refractivity contribution is 5.79. The molecule has 6 heteroatoms. The van der Waals surface area contributed by atoms with Gasteiger partial charge in [-0.1, -0.05) is 24.3 Å². The van der Waals surface area contributed by atoms with Gasteiger partial charge in [-0.25, -0.2) is 4.79 Å². The predicted molar refractivity (Wildman–Crippen MR) is 85.3 cm³/mol. The number of nitrogens with one attached hydrogen (secondary N) is 3. The van der Waals surface area contributed by atoms with Crippen molar-refractivity contribution in [3.63, 3.8) is 0 Å². The highest BCUT2D eigenvalue weighted by atomic mass is 16.2. The Balaban J connectivity index is 2.01. The van der Waals surface area contributed by atoms with Crippen LogP contribution in [-0.2, 0) is 4.79 Å². The molecule has 5 N–H and O–H groups in total. The van der Waals surface area contributed by atoms with E-state index in [-0.39, 0.29) is 18.4 Å². The van der Waals surface area contributed by atoms with Crippen molar-refractivity contribution in [3.8, 4) is 0 Å². The SMILES string of the molecule is Cc1ccccc1C(CC(=O)NC1CCNCC1)NC(N)=O. The van der Waals surface area contributed by atoms with Gasteiger partial charge in [-0.05, 0) is 44.0 Å². The fraction of sp³-hybridized carbons (Fsp3) is 0.500. The van der Waals surface area contributed by atoms with Crippen molar-refractivity contribution < 1.29 is 9.59 Å².